The molecule has 0 spiro atoms. The molecule has 22 heavy (non-hydrogen) atoms. The second kappa shape index (κ2) is 8.77. The van der Waals surface area contributed by atoms with Gasteiger partial charge in [-0.1, -0.05) is 64.2 Å². The first-order valence-corrected chi connectivity index (χ1v) is 8.37. The van der Waals surface area contributed by atoms with Gasteiger partial charge in [-0.2, -0.15) is 5.10 Å². The van der Waals surface area contributed by atoms with Gasteiger partial charge in [0.15, 0.2) is 0 Å². The summed E-state index contributed by atoms with van der Waals surface area (Å²) >= 11 is 0. The first kappa shape index (κ1) is 18.5. The Labute approximate surface area is 136 Å². The number of rotatable bonds is 8. The highest BCUT2D eigenvalue weighted by Gasteiger charge is 2.19. The van der Waals surface area contributed by atoms with Gasteiger partial charge in [0.25, 0.3) is 0 Å². The molecule has 0 aliphatic heterocycles. The van der Waals surface area contributed by atoms with E-state index in [-0.39, 0.29) is 5.41 Å². The van der Waals surface area contributed by atoms with Crippen LogP contribution < -0.4 is 0 Å². The topological polar surface area (TPSA) is 17.8 Å². The maximum Gasteiger partial charge on any atom is 0.0630 e. The zero-order valence-corrected chi connectivity index (χ0v) is 15.0. The molecule has 1 rings (SSSR count). The van der Waals surface area contributed by atoms with Gasteiger partial charge in [0.2, 0.25) is 0 Å². The molecule has 0 saturated carbocycles. The summed E-state index contributed by atoms with van der Waals surface area (Å²) in [6.45, 7) is 12.7. The number of allylic oxidation sites excluding steroid dienone is 5. The Bertz CT molecular complexity index is 524. The van der Waals surface area contributed by atoms with Gasteiger partial charge in [0, 0.05) is 18.2 Å². The first-order valence-electron chi connectivity index (χ1n) is 8.37. The normalized spacial score (nSPS) is 13.0. The maximum atomic E-state index is 4.67. The molecule has 0 unspecified atom stereocenters. The first-order chi connectivity index (χ1) is 10.4. The summed E-state index contributed by atoms with van der Waals surface area (Å²) in [5.41, 5.74) is 4.08. The molecule has 0 aromatic carbocycles. The third-order valence-corrected chi connectivity index (χ3v) is 3.79. The van der Waals surface area contributed by atoms with E-state index in [0.29, 0.717) is 0 Å². The van der Waals surface area contributed by atoms with E-state index in [4.69, 9.17) is 0 Å². The van der Waals surface area contributed by atoms with Crippen molar-refractivity contribution in [3.63, 3.8) is 0 Å². The minimum absolute atomic E-state index is 0.144. The van der Waals surface area contributed by atoms with Crippen molar-refractivity contribution >= 4 is 0 Å². The van der Waals surface area contributed by atoms with Crippen LogP contribution in [0.2, 0.25) is 0 Å². The van der Waals surface area contributed by atoms with Crippen molar-refractivity contribution < 1.29 is 0 Å². The highest BCUT2D eigenvalue weighted by Crippen LogP contribution is 2.23. The van der Waals surface area contributed by atoms with Gasteiger partial charge in [-0.3, -0.25) is 4.68 Å². The number of hydrogen-bond donors (Lipinski definition) is 0. The van der Waals surface area contributed by atoms with Gasteiger partial charge < -0.3 is 0 Å². The largest absolute Gasteiger partial charge is 0.272 e. The second-order valence-electron chi connectivity index (χ2n) is 6.87. The van der Waals surface area contributed by atoms with Crippen LogP contribution in [0.3, 0.4) is 0 Å². The van der Waals surface area contributed by atoms with Crippen LogP contribution in [0.1, 0.15) is 64.8 Å². The zero-order valence-electron chi connectivity index (χ0n) is 15.0. The van der Waals surface area contributed by atoms with Gasteiger partial charge in [0.05, 0.1) is 5.69 Å². The predicted molar refractivity (Wildman–Crippen MR) is 97.2 cm³/mol. The Morgan fingerprint density at radius 1 is 1.27 bits per heavy atom. The molecule has 0 fully saturated rings. The predicted octanol–water partition coefficient (Wildman–Crippen LogP) is 5.51. The summed E-state index contributed by atoms with van der Waals surface area (Å²) < 4.78 is 2.02. The molecule has 0 bridgehead atoms. The van der Waals surface area contributed by atoms with Gasteiger partial charge in [-0.15, -0.1) is 0 Å². The number of nitrogens with zero attached hydrogens (tertiary/aromatic N) is 2. The summed E-state index contributed by atoms with van der Waals surface area (Å²) in [4.78, 5) is 0. The molecule has 122 valence electrons. The van der Waals surface area contributed by atoms with E-state index in [2.05, 4.69) is 63.7 Å². The molecule has 0 aliphatic rings. The van der Waals surface area contributed by atoms with Gasteiger partial charge in [-0.05, 0) is 38.2 Å². The maximum absolute atomic E-state index is 4.67. The van der Waals surface area contributed by atoms with Crippen LogP contribution in [0.4, 0.5) is 0 Å². The third-order valence-electron chi connectivity index (χ3n) is 3.79. The molecule has 0 atom stereocenters. The van der Waals surface area contributed by atoms with Crippen molar-refractivity contribution in [3.05, 3.63) is 53.9 Å². The zero-order chi connectivity index (χ0) is 16.6. The number of aromatic nitrogens is 2. The van der Waals surface area contributed by atoms with Crippen molar-refractivity contribution in [1.29, 1.82) is 0 Å². The lowest BCUT2D eigenvalue weighted by atomic mass is 9.91. The summed E-state index contributed by atoms with van der Waals surface area (Å²) in [5.74, 6) is 0. The Kier molecular flexibility index (Phi) is 7.37. The monoisotopic (exact) mass is 300 g/mol. The summed E-state index contributed by atoms with van der Waals surface area (Å²) in [7, 11) is 2.04. The molecule has 0 amide bonds. The molecular formula is C20H32N2. The lowest BCUT2D eigenvalue weighted by Gasteiger charge is -2.17. The van der Waals surface area contributed by atoms with Crippen molar-refractivity contribution in [2.75, 3.05) is 0 Å². The molecule has 0 radical (unpaired) electrons. The summed E-state index contributed by atoms with van der Waals surface area (Å²) in [5, 5.41) is 4.67. The quantitative estimate of drug-likeness (QED) is 0.457. The molecular weight excluding hydrogens is 268 g/mol. The standard InChI is InChI=1S/C20H32N2/c1-7-9-10-11-13-17(12-8-2)14-15-18-16-19(20(3,4)5)22(6)21-18/h8-10,12,16H,2,7,11,13-15H2,1,3-6H3/b10-9-,17-12+. The molecule has 2 heteroatoms. The minimum atomic E-state index is 0.144. The van der Waals surface area contributed by atoms with E-state index in [1.807, 2.05) is 17.8 Å². The average molecular weight is 300 g/mol. The van der Waals surface area contributed by atoms with Crippen LogP contribution in [-0.4, -0.2) is 9.78 Å². The van der Waals surface area contributed by atoms with Crippen molar-refractivity contribution in [2.24, 2.45) is 7.05 Å². The van der Waals surface area contributed by atoms with Crippen LogP contribution in [0.25, 0.3) is 0 Å². The van der Waals surface area contributed by atoms with Crippen LogP contribution in [0.5, 0.6) is 0 Å². The van der Waals surface area contributed by atoms with Crippen molar-refractivity contribution in [1.82, 2.24) is 9.78 Å². The lowest BCUT2D eigenvalue weighted by Crippen LogP contribution is -2.16. The minimum Gasteiger partial charge on any atom is -0.272 e. The van der Waals surface area contributed by atoms with Gasteiger partial charge in [-0.25, -0.2) is 0 Å². The lowest BCUT2D eigenvalue weighted by molar-refractivity contribution is 0.522. The Morgan fingerprint density at radius 2 is 2.00 bits per heavy atom. The highest BCUT2D eigenvalue weighted by molar-refractivity contribution is 5.20. The molecule has 1 aromatic heterocycles. The van der Waals surface area contributed by atoms with Crippen molar-refractivity contribution in [2.45, 2.75) is 65.2 Å². The SMILES string of the molecule is C=C/C=C(\CC/C=C\CC)CCc1cc(C(C)(C)C)n(C)n1. The van der Waals surface area contributed by atoms with E-state index in [9.17, 15) is 0 Å². The fraction of sp³-hybridized carbons (Fsp3) is 0.550. The highest BCUT2D eigenvalue weighted by atomic mass is 15.3. The van der Waals surface area contributed by atoms with E-state index in [1.54, 1.807) is 0 Å². The van der Waals surface area contributed by atoms with E-state index < -0.39 is 0 Å². The fourth-order valence-electron chi connectivity index (χ4n) is 2.65. The third kappa shape index (κ3) is 6.05. The van der Waals surface area contributed by atoms with E-state index in [0.717, 1.165) is 32.1 Å². The second-order valence-corrected chi connectivity index (χ2v) is 6.87. The molecule has 0 N–H and O–H groups in total. The molecule has 0 aliphatic carbocycles. The molecule has 0 saturated heterocycles. The number of hydrogen-bond acceptors (Lipinski definition) is 1. The Balaban J connectivity index is 2.64. The van der Waals surface area contributed by atoms with E-state index in [1.165, 1.54) is 17.0 Å². The van der Waals surface area contributed by atoms with Crippen LogP contribution >= 0.6 is 0 Å². The van der Waals surface area contributed by atoms with Crippen LogP contribution in [0.15, 0.2) is 42.5 Å². The summed E-state index contributed by atoms with van der Waals surface area (Å²) in [6.07, 6.45) is 14.0. The van der Waals surface area contributed by atoms with E-state index >= 15 is 0 Å². The fourth-order valence-corrected chi connectivity index (χ4v) is 2.65. The Morgan fingerprint density at radius 3 is 2.55 bits per heavy atom. The average Bonchev–Trinajstić information content (AvgIpc) is 2.82. The van der Waals surface area contributed by atoms with Crippen molar-refractivity contribution in [3.8, 4) is 0 Å². The van der Waals surface area contributed by atoms with Crippen LogP contribution in [-0.2, 0) is 18.9 Å². The van der Waals surface area contributed by atoms with Gasteiger partial charge >= 0.3 is 0 Å². The number of aryl methyl sites for hydroxylation is 2. The molecule has 1 heterocycles. The smallest absolute Gasteiger partial charge is 0.0630 e. The molecule has 1 aromatic rings. The van der Waals surface area contributed by atoms with Crippen LogP contribution in [0, 0.1) is 0 Å². The van der Waals surface area contributed by atoms with Gasteiger partial charge in [0.1, 0.15) is 0 Å². The Hall–Kier alpha value is -1.57. The molecule has 2 nitrogen and oxygen atoms in total. The summed E-state index contributed by atoms with van der Waals surface area (Å²) in [6, 6.07) is 2.25.